The fourth-order valence-electron chi connectivity index (χ4n) is 7.63. The number of para-hydroxylation sites is 1. The van der Waals surface area contributed by atoms with Crippen molar-refractivity contribution in [2.24, 2.45) is 5.92 Å². The third-order valence-electron chi connectivity index (χ3n) is 8.78. The Labute approximate surface area is 234 Å². The number of carbonyl (C=O) groups is 3. The van der Waals surface area contributed by atoms with E-state index in [1.165, 1.54) is 6.07 Å². The smallest absolute Gasteiger partial charge is 0.251 e. The third kappa shape index (κ3) is 2.71. The summed E-state index contributed by atoms with van der Waals surface area (Å²) in [6.07, 6.45) is 1.44. The first-order valence-electron chi connectivity index (χ1n) is 12.5. The van der Waals surface area contributed by atoms with E-state index in [0.29, 0.717) is 45.5 Å². The van der Waals surface area contributed by atoms with Gasteiger partial charge >= 0.3 is 0 Å². The molecule has 4 aliphatic heterocycles. The summed E-state index contributed by atoms with van der Waals surface area (Å²) >= 11 is 19.4. The maximum absolute atomic E-state index is 14.6. The van der Waals surface area contributed by atoms with Crippen molar-refractivity contribution in [3.63, 3.8) is 0 Å². The van der Waals surface area contributed by atoms with Crippen molar-refractivity contribution in [3.8, 4) is 0 Å². The van der Waals surface area contributed by atoms with Crippen LogP contribution in [0.5, 0.6) is 0 Å². The van der Waals surface area contributed by atoms with E-state index in [-0.39, 0.29) is 34.2 Å². The second-order valence-corrected chi connectivity index (χ2v) is 11.8. The average Bonchev–Trinajstić information content (AvgIpc) is 3.58. The van der Waals surface area contributed by atoms with Gasteiger partial charge in [0.1, 0.15) is 11.0 Å². The molecule has 4 aliphatic rings. The molecule has 0 unspecified atom stereocenters. The van der Waals surface area contributed by atoms with Crippen molar-refractivity contribution in [1.29, 1.82) is 0 Å². The number of ketones is 1. The fraction of sp³-hybridized carbons (Fsp3) is 0.276. The van der Waals surface area contributed by atoms with Crippen molar-refractivity contribution < 1.29 is 14.4 Å². The predicted molar refractivity (Wildman–Crippen MR) is 147 cm³/mol. The van der Waals surface area contributed by atoms with Gasteiger partial charge in [-0.15, -0.1) is 0 Å². The number of nitrogens with zero attached hydrogens (tertiary/aromatic N) is 1. The van der Waals surface area contributed by atoms with Crippen LogP contribution in [0.15, 0.2) is 54.6 Å². The maximum atomic E-state index is 14.6. The molecule has 0 aromatic heterocycles. The van der Waals surface area contributed by atoms with Crippen molar-refractivity contribution in [1.82, 2.24) is 4.90 Å². The number of Topliss-reactive ketones (excluding diaryl/α,β-unsaturated/α-hetero) is 1. The van der Waals surface area contributed by atoms with Crippen molar-refractivity contribution in [2.45, 2.75) is 36.8 Å². The highest BCUT2D eigenvalue weighted by Gasteiger charge is 2.81. The highest BCUT2D eigenvalue weighted by molar-refractivity contribution is 6.37. The Hall–Kier alpha value is -2.90. The Morgan fingerprint density at radius 2 is 1.74 bits per heavy atom. The summed E-state index contributed by atoms with van der Waals surface area (Å²) in [5.41, 5.74) is 0.448. The first-order valence-corrected chi connectivity index (χ1v) is 13.7. The number of carbonyl (C=O) groups excluding carboxylic acids is 3. The van der Waals surface area contributed by atoms with Crippen LogP contribution in [0.3, 0.4) is 0 Å². The van der Waals surface area contributed by atoms with Gasteiger partial charge in [-0.1, -0.05) is 59.1 Å². The van der Waals surface area contributed by atoms with Crippen molar-refractivity contribution in [2.75, 3.05) is 17.2 Å². The van der Waals surface area contributed by atoms with Crippen LogP contribution in [0.4, 0.5) is 11.4 Å². The molecule has 192 valence electrons. The standard InChI is InChI=1S/C29H22Cl3N3O3/c1-14-11-18-24(20(32)12-14)34-27(38)29(18)28(17-5-2-3-6-21(17)33-26(28)37)23(22-7-4-10-35(22)29)25(36)16-9-8-15(30)13-19(16)31/h2-3,5-6,8-9,11-13,22-23H,4,7,10H2,1H3,(H,33,37)(H,34,38)/t22-,23+,28+,29+/m1/s1. The van der Waals surface area contributed by atoms with Crippen molar-refractivity contribution in [3.05, 3.63) is 91.9 Å². The SMILES string of the molecule is Cc1cc(Cl)c2c(c1)[C@@]1(C(=O)N2)N2CCC[C@@H]2[C@@H](C(=O)c2ccc(Cl)cc2Cl)[C@@]12C(=O)Nc1ccccc12. The Bertz CT molecular complexity index is 1610. The predicted octanol–water partition coefficient (Wildman–Crippen LogP) is 5.97. The molecular weight excluding hydrogens is 545 g/mol. The molecule has 2 N–H and O–H groups in total. The lowest BCUT2D eigenvalue weighted by Gasteiger charge is -2.43. The number of hydrogen-bond donors (Lipinski definition) is 2. The number of aryl methyl sites for hydroxylation is 1. The molecule has 0 saturated carbocycles. The van der Waals surface area contributed by atoms with E-state index in [9.17, 15) is 14.4 Å². The summed E-state index contributed by atoms with van der Waals surface area (Å²) in [7, 11) is 0. The summed E-state index contributed by atoms with van der Waals surface area (Å²) in [5, 5.41) is 7.06. The van der Waals surface area contributed by atoms with Gasteiger partial charge in [0.05, 0.1) is 21.7 Å². The normalized spacial score (nSPS) is 28.9. The molecule has 2 saturated heterocycles. The Morgan fingerprint density at radius 3 is 2.53 bits per heavy atom. The van der Waals surface area contributed by atoms with E-state index in [1.807, 2.05) is 37.3 Å². The summed E-state index contributed by atoms with van der Waals surface area (Å²) in [6, 6.07) is 15.4. The lowest BCUT2D eigenvalue weighted by atomic mass is 9.57. The maximum Gasteiger partial charge on any atom is 0.251 e. The lowest BCUT2D eigenvalue weighted by molar-refractivity contribution is -0.137. The highest BCUT2D eigenvalue weighted by atomic mass is 35.5. The fourth-order valence-corrected chi connectivity index (χ4v) is 8.45. The molecule has 38 heavy (non-hydrogen) atoms. The molecular formula is C29H22Cl3N3O3. The summed E-state index contributed by atoms with van der Waals surface area (Å²) in [4.78, 5) is 45.7. The van der Waals surface area contributed by atoms with Gasteiger partial charge in [0.2, 0.25) is 5.91 Å². The highest BCUT2D eigenvalue weighted by Crippen LogP contribution is 2.68. The quantitative estimate of drug-likeness (QED) is 0.375. The Balaban J connectivity index is 1.61. The van der Waals surface area contributed by atoms with Gasteiger partial charge in [0, 0.05) is 27.9 Å². The Morgan fingerprint density at radius 1 is 0.947 bits per heavy atom. The zero-order valence-corrected chi connectivity index (χ0v) is 22.5. The van der Waals surface area contributed by atoms with Gasteiger partial charge in [-0.2, -0.15) is 0 Å². The number of benzene rings is 3. The molecule has 0 radical (unpaired) electrons. The van der Waals surface area contributed by atoms with Crippen LogP contribution in [0.2, 0.25) is 15.1 Å². The molecule has 7 rings (SSSR count). The van der Waals surface area contributed by atoms with E-state index >= 15 is 0 Å². The van der Waals surface area contributed by atoms with Crippen LogP contribution in [0.1, 0.15) is 39.9 Å². The average molecular weight is 567 g/mol. The van der Waals surface area contributed by atoms with Gasteiger partial charge in [0.25, 0.3) is 5.91 Å². The van der Waals surface area contributed by atoms with Crippen molar-refractivity contribution >= 4 is 63.8 Å². The number of fused-ring (bicyclic) bond motifs is 7. The van der Waals surface area contributed by atoms with Crippen LogP contribution in [-0.2, 0) is 20.5 Å². The topological polar surface area (TPSA) is 78.5 Å². The molecule has 3 aromatic carbocycles. The van der Waals surface area contributed by atoms with Gasteiger partial charge in [-0.25, -0.2) is 0 Å². The molecule has 6 nitrogen and oxygen atoms in total. The lowest BCUT2D eigenvalue weighted by Crippen LogP contribution is -2.62. The summed E-state index contributed by atoms with van der Waals surface area (Å²) < 4.78 is 0. The van der Waals surface area contributed by atoms with Gasteiger partial charge in [0.15, 0.2) is 5.78 Å². The van der Waals surface area contributed by atoms with Gasteiger partial charge in [-0.05, 0) is 67.8 Å². The zero-order chi connectivity index (χ0) is 26.6. The summed E-state index contributed by atoms with van der Waals surface area (Å²) in [6.45, 7) is 2.46. The second kappa shape index (κ2) is 8.06. The largest absolute Gasteiger partial charge is 0.325 e. The molecule has 4 atom stereocenters. The third-order valence-corrected chi connectivity index (χ3v) is 9.63. The summed E-state index contributed by atoms with van der Waals surface area (Å²) in [5.74, 6) is -1.90. The van der Waals surface area contributed by atoms with E-state index < -0.39 is 16.9 Å². The molecule has 0 aliphatic carbocycles. The Kier molecular flexibility index (Phi) is 5.12. The number of amides is 2. The van der Waals surface area contributed by atoms with E-state index in [0.717, 1.165) is 12.0 Å². The van der Waals surface area contributed by atoms with E-state index in [1.54, 1.807) is 18.2 Å². The minimum Gasteiger partial charge on any atom is -0.325 e. The first kappa shape index (κ1) is 24.2. The zero-order valence-electron chi connectivity index (χ0n) is 20.3. The number of nitrogens with one attached hydrogen (secondary N) is 2. The van der Waals surface area contributed by atoms with Crippen LogP contribution in [0.25, 0.3) is 0 Å². The van der Waals surface area contributed by atoms with E-state index in [4.69, 9.17) is 34.8 Å². The monoisotopic (exact) mass is 565 g/mol. The first-order chi connectivity index (χ1) is 18.2. The minimum atomic E-state index is -1.55. The molecule has 0 bridgehead atoms. The molecule has 2 fully saturated rings. The van der Waals surface area contributed by atoms with Crippen LogP contribution in [0, 0.1) is 12.8 Å². The number of hydrogen-bond acceptors (Lipinski definition) is 4. The molecule has 9 heteroatoms. The molecule has 4 heterocycles. The number of halogens is 3. The van der Waals surface area contributed by atoms with Crippen LogP contribution >= 0.6 is 34.8 Å². The molecule has 2 spiro atoms. The second-order valence-electron chi connectivity index (χ2n) is 10.5. The molecule has 2 amide bonds. The van der Waals surface area contributed by atoms with Gasteiger partial charge < -0.3 is 10.6 Å². The van der Waals surface area contributed by atoms with Gasteiger partial charge in [-0.3, -0.25) is 19.3 Å². The molecule has 3 aromatic rings. The number of anilines is 2. The van der Waals surface area contributed by atoms with Crippen LogP contribution in [-0.4, -0.2) is 35.1 Å². The minimum absolute atomic E-state index is 0.213. The van der Waals surface area contributed by atoms with Crippen LogP contribution < -0.4 is 10.6 Å². The number of rotatable bonds is 2. The van der Waals surface area contributed by atoms with E-state index in [2.05, 4.69) is 15.5 Å².